The van der Waals surface area contributed by atoms with E-state index in [1.54, 1.807) is 0 Å². The van der Waals surface area contributed by atoms with Gasteiger partial charge in [-0.15, -0.1) is 58.8 Å². The molecular formula is C19H22Cl5N. The van der Waals surface area contributed by atoms with Crippen LogP contribution in [0.3, 0.4) is 0 Å². The van der Waals surface area contributed by atoms with E-state index in [1.165, 1.54) is 5.56 Å². The van der Waals surface area contributed by atoms with Gasteiger partial charge in [0.2, 0.25) is 0 Å². The van der Waals surface area contributed by atoms with Gasteiger partial charge in [-0.2, -0.15) is 0 Å². The summed E-state index contributed by atoms with van der Waals surface area (Å²) in [6.07, 6.45) is 0. The molecule has 0 radical (unpaired) electrons. The summed E-state index contributed by atoms with van der Waals surface area (Å²) in [5.41, 5.74) is 2.24. The lowest BCUT2D eigenvalue weighted by Gasteiger charge is -2.28. The highest BCUT2D eigenvalue weighted by molar-refractivity contribution is 6.30. The molecule has 6 heteroatoms. The van der Waals surface area contributed by atoms with Crippen molar-refractivity contribution in [2.75, 3.05) is 19.0 Å². The minimum Gasteiger partial charge on any atom is -0.296 e. The molecule has 0 aromatic heterocycles. The third-order valence-corrected chi connectivity index (χ3v) is 5.64. The van der Waals surface area contributed by atoms with Crippen LogP contribution in [0.25, 0.3) is 0 Å². The van der Waals surface area contributed by atoms with E-state index in [2.05, 4.69) is 17.0 Å². The zero-order valence-electron chi connectivity index (χ0n) is 13.7. The Kier molecular flexibility index (Phi) is 11.2. The van der Waals surface area contributed by atoms with Crippen molar-refractivity contribution >= 4 is 58.8 Å². The molecule has 0 bridgehead atoms. The second-order valence-electron chi connectivity index (χ2n) is 5.76. The van der Waals surface area contributed by atoms with Crippen LogP contribution in [0.1, 0.15) is 16.5 Å². The fraction of sp³-hybridized carbons (Fsp3) is 0.368. The molecule has 2 rings (SSSR count). The summed E-state index contributed by atoms with van der Waals surface area (Å²) in [5, 5.41) is -0.599. The van der Waals surface area contributed by atoms with Gasteiger partial charge in [-0.05, 0) is 11.1 Å². The lowest BCUT2D eigenvalue weighted by Crippen LogP contribution is -2.36. The molecule has 0 aliphatic carbocycles. The summed E-state index contributed by atoms with van der Waals surface area (Å²) in [4.78, 5) is 2.21. The van der Waals surface area contributed by atoms with E-state index >= 15 is 0 Å². The topological polar surface area (TPSA) is 3.24 Å². The lowest BCUT2D eigenvalue weighted by molar-refractivity contribution is 0.266. The van der Waals surface area contributed by atoms with Crippen molar-refractivity contribution in [2.45, 2.75) is 22.7 Å². The first-order chi connectivity index (χ1) is 11.6. The molecule has 2 aromatic carbocycles. The van der Waals surface area contributed by atoms with E-state index in [0.717, 1.165) is 12.1 Å². The van der Waals surface area contributed by atoms with Gasteiger partial charge in [-0.3, -0.25) is 4.90 Å². The number of hydrogen-bond donors (Lipinski definition) is 0. The molecule has 2 aromatic rings. The SMILES string of the molecule is Cl.ClCC(Cl)CN(Cc1ccccc1)CC(Cl)C(Cl)c1ccccc1. The summed E-state index contributed by atoms with van der Waals surface area (Å²) in [6, 6.07) is 20.2. The highest BCUT2D eigenvalue weighted by Gasteiger charge is 2.23. The largest absolute Gasteiger partial charge is 0.296 e. The third-order valence-electron chi connectivity index (χ3n) is 3.74. The molecule has 0 heterocycles. The average Bonchev–Trinajstić information content (AvgIpc) is 2.62. The first kappa shape index (κ1) is 22.9. The second-order valence-corrected chi connectivity index (χ2v) is 7.72. The van der Waals surface area contributed by atoms with E-state index in [9.17, 15) is 0 Å². The number of benzene rings is 2. The highest BCUT2D eigenvalue weighted by Crippen LogP contribution is 2.29. The van der Waals surface area contributed by atoms with Gasteiger partial charge in [-0.1, -0.05) is 60.7 Å². The Balaban J connectivity index is 0.00000312. The maximum Gasteiger partial charge on any atom is 0.0761 e. The van der Waals surface area contributed by atoms with Crippen molar-refractivity contribution in [1.29, 1.82) is 0 Å². The Morgan fingerprint density at radius 3 is 1.92 bits per heavy atom. The van der Waals surface area contributed by atoms with Crippen LogP contribution in [0.2, 0.25) is 0 Å². The van der Waals surface area contributed by atoms with Crippen molar-refractivity contribution in [3.8, 4) is 0 Å². The van der Waals surface area contributed by atoms with Crippen LogP contribution in [0.4, 0.5) is 0 Å². The molecule has 0 amide bonds. The summed E-state index contributed by atoms with van der Waals surface area (Å²) in [6.45, 7) is 2.07. The van der Waals surface area contributed by atoms with Gasteiger partial charge >= 0.3 is 0 Å². The minimum absolute atomic E-state index is 0. The smallest absolute Gasteiger partial charge is 0.0761 e. The van der Waals surface area contributed by atoms with Crippen LogP contribution >= 0.6 is 58.8 Å². The standard InChI is InChI=1S/C19H21Cl4N.ClH/c20-11-17(21)13-24(12-15-7-3-1-4-8-15)14-18(22)19(23)16-9-5-2-6-10-16;/h1-10,17-19H,11-14H2;1H. The van der Waals surface area contributed by atoms with Crippen LogP contribution in [0.15, 0.2) is 60.7 Å². The third kappa shape index (κ3) is 7.95. The van der Waals surface area contributed by atoms with Crippen LogP contribution in [-0.2, 0) is 6.54 Å². The molecule has 0 fully saturated rings. The Morgan fingerprint density at radius 1 is 0.800 bits per heavy atom. The van der Waals surface area contributed by atoms with E-state index in [4.69, 9.17) is 46.4 Å². The predicted molar refractivity (Wildman–Crippen MR) is 114 cm³/mol. The van der Waals surface area contributed by atoms with Gasteiger partial charge in [0, 0.05) is 25.5 Å². The molecular weight excluding hydrogens is 419 g/mol. The monoisotopic (exact) mass is 439 g/mol. The van der Waals surface area contributed by atoms with Crippen molar-refractivity contribution in [3.05, 3.63) is 71.8 Å². The zero-order valence-corrected chi connectivity index (χ0v) is 17.5. The fourth-order valence-electron chi connectivity index (χ4n) is 2.56. The highest BCUT2D eigenvalue weighted by atomic mass is 35.5. The molecule has 0 saturated heterocycles. The van der Waals surface area contributed by atoms with Gasteiger partial charge in [0.25, 0.3) is 0 Å². The van der Waals surface area contributed by atoms with Crippen LogP contribution in [0, 0.1) is 0 Å². The molecule has 0 spiro atoms. The zero-order chi connectivity index (χ0) is 17.4. The number of alkyl halides is 4. The summed E-state index contributed by atoms with van der Waals surface area (Å²) in [5.74, 6) is 0.406. The quantitative estimate of drug-likeness (QED) is 0.410. The van der Waals surface area contributed by atoms with Crippen molar-refractivity contribution in [1.82, 2.24) is 4.90 Å². The van der Waals surface area contributed by atoms with Crippen LogP contribution in [0.5, 0.6) is 0 Å². The van der Waals surface area contributed by atoms with Gasteiger partial charge in [0.05, 0.1) is 16.1 Å². The lowest BCUT2D eigenvalue weighted by atomic mass is 10.1. The molecule has 25 heavy (non-hydrogen) atoms. The summed E-state index contributed by atoms with van der Waals surface area (Å²) < 4.78 is 0. The molecule has 0 aliphatic rings. The van der Waals surface area contributed by atoms with Gasteiger partial charge in [0.1, 0.15) is 0 Å². The van der Waals surface area contributed by atoms with Crippen LogP contribution < -0.4 is 0 Å². The fourth-order valence-corrected chi connectivity index (χ4v) is 3.42. The second kappa shape index (κ2) is 12.3. The van der Waals surface area contributed by atoms with E-state index in [0.29, 0.717) is 19.0 Å². The van der Waals surface area contributed by atoms with Gasteiger partial charge in [0.15, 0.2) is 0 Å². The minimum atomic E-state index is -0.254. The molecule has 0 N–H and O–H groups in total. The van der Waals surface area contributed by atoms with Crippen LogP contribution in [-0.4, -0.2) is 34.6 Å². The van der Waals surface area contributed by atoms with Gasteiger partial charge < -0.3 is 0 Å². The summed E-state index contributed by atoms with van der Waals surface area (Å²) >= 11 is 25.3. The normalized spacial score (nSPS) is 14.6. The van der Waals surface area contributed by atoms with Gasteiger partial charge in [-0.25, -0.2) is 0 Å². The van der Waals surface area contributed by atoms with Crippen molar-refractivity contribution in [3.63, 3.8) is 0 Å². The molecule has 0 saturated carbocycles. The van der Waals surface area contributed by atoms with Crippen molar-refractivity contribution in [2.24, 2.45) is 0 Å². The maximum absolute atomic E-state index is 6.60. The van der Waals surface area contributed by atoms with E-state index in [1.807, 2.05) is 48.5 Å². The Morgan fingerprint density at radius 2 is 1.36 bits per heavy atom. The first-order valence-corrected chi connectivity index (χ1v) is 9.74. The Labute approximate surface area is 176 Å². The maximum atomic E-state index is 6.60. The van der Waals surface area contributed by atoms with E-state index in [-0.39, 0.29) is 28.5 Å². The molecule has 1 nitrogen and oxygen atoms in total. The molecule has 0 aliphatic heterocycles. The van der Waals surface area contributed by atoms with E-state index < -0.39 is 0 Å². The number of nitrogens with zero attached hydrogens (tertiary/aromatic N) is 1. The number of hydrogen-bond acceptors (Lipinski definition) is 1. The summed E-state index contributed by atoms with van der Waals surface area (Å²) in [7, 11) is 0. The Hall–Kier alpha value is -0.150. The predicted octanol–water partition coefficient (Wildman–Crippen LogP) is 6.34. The molecule has 138 valence electrons. The first-order valence-electron chi connectivity index (χ1n) is 7.89. The molecule has 3 atom stereocenters. The number of rotatable bonds is 9. The molecule has 3 unspecified atom stereocenters. The van der Waals surface area contributed by atoms with Crippen molar-refractivity contribution < 1.29 is 0 Å². The average molecular weight is 442 g/mol. The Bertz CT molecular complexity index is 581. The number of halogens is 5.